The highest BCUT2D eigenvalue weighted by Gasteiger charge is 2.32. The van der Waals surface area contributed by atoms with Crippen LogP contribution < -0.4 is 4.90 Å². The Labute approximate surface area is 188 Å². The van der Waals surface area contributed by atoms with Crippen molar-refractivity contribution in [1.29, 1.82) is 0 Å². The second-order valence-electron chi connectivity index (χ2n) is 7.45. The molecule has 0 bridgehead atoms. The highest BCUT2D eigenvalue weighted by atomic mass is 35.5. The summed E-state index contributed by atoms with van der Waals surface area (Å²) in [7, 11) is -4.58. The predicted octanol–water partition coefficient (Wildman–Crippen LogP) is 4.87. The summed E-state index contributed by atoms with van der Waals surface area (Å²) >= 11 is 6.08. The molecule has 0 aliphatic carbocycles. The fourth-order valence-electron chi connectivity index (χ4n) is 3.38. The number of nitrogens with zero attached hydrogens (tertiary/aromatic N) is 3. The molecule has 2 N–H and O–H groups in total. The van der Waals surface area contributed by atoms with Crippen LogP contribution in [0.4, 0.5) is 10.5 Å². The smallest absolute Gasteiger partial charge is 0.415 e. The Bertz CT molecular complexity index is 934. The minimum atomic E-state index is -4.58. The number of pyridine rings is 1. The maximum absolute atomic E-state index is 13.1. The summed E-state index contributed by atoms with van der Waals surface area (Å²) in [6, 6.07) is 6.61. The molecule has 0 saturated heterocycles. The van der Waals surface area contributed by atoms with Gasteiger partial charge in [0, 0.05) is 22.6 Å². The number of carbonyl (C=O) groups is 1. The van der Waals surface area contributed by atoms with Crippen molar-refractivity contribution < 1.29 is 23.9 Å². The molecule has 0 spiro atoms. The largest absolute Gasteiger partial charge is 0.433 e. The van der Waals surface area contributed by atoms with E-state index >= 15 is 0 Å². The van der Waals surface area contributed by atoms with Crippen LogP contribution in [0.3, 0.4) is 0 Å². The topological polar surface area (TPSA) is 103 Å². The number of benzene rings is 1. The van der Waals surface area contributed by atoms with Gasteiger partial charge >= 0.3 is 13.7 Å². The molecule has 172 valence electrons. The molecule has 10 heteroatoms. The van der Waals surface area contributed by atoms with Crippen LogP contribution in [0.25, 0.3) is 10.9 Å². The van der Waals surface area contributed by atoms with E-state index in [1.54, 1.807) is 30.5 Å². The number of hydrogen-bond donors (Lipinski definition) is 2. The van der Waals surface area contributed by atoms with E-state index in [0.29, 0.717) is 28.0 Å². The minimum Gasteiger partial charge on any atom is -0.433 e. The van der Waals surface area contributed by atoms with Crippen molar-refractivity contribution >= 4 is 41.9 Å². The van der Waals surface area contributed by atoms with Crippen LogP contribution in [0.5, 0.6) is 0 Å². The lowest BCUT2D eigenvalue weighted by atomic mass is 10.1. The number of aromatic nitrogens is 1. The standard InChI is InChI=1S/C21H31ClN3O5P/c1-5-24(6-2)13-7-8-15(3)25(21(26)30-16(4)31(27,28)29)20-11-12-23-19-14-17(22)9-10-18(19)20/h9-12,14-16H,5-8,13H2,1-4H3,(H2,27,28,29). The lowest BCUT2D eigenvalue weighted by Crippen LogP contribution is -2.41. The van der Waals surface area contributed by atoms with E-state index in [0.717, 1.165) is 26.1 Å². The molecule has 1 amide bonds. The quantitative estimate of drug-likeness (QED) is 0.476. The van der Waals surface area contributed by atoms with E-state index in [4.69, 9.17) is 16.3 Å². The Balaban J connectivity index is 2.36. The average Bonchev–Trinajstić information content (AvgIpc) is 2.70. The summed E-state index contributed by atoms with van der Waals surface area (Å²) in [4.78, 5) is 39.9. The van der Waals surface area contributed by atoms with Gasteiger partial charge in [0.05, 0.1) is 11.2 Å². The molecule has 0 radical (unpaired) electrons. The molecule has 8 nitrogen and oxygen atoms in total. The number of fused-ring (bicyclic) bond motifs is 1. The van der Waals surface area contributed by atoms with Gasteiger partial charge in [-0.15, -0.1) is 0 Å². The molecule has 2 unspecified atom stereocenters. The van der Waals surface area contributed by atoms with Gasteiger partial charge in [0.25, 0.3) is 0 Å². The van der Waals surface area contributed by atoms with Gasteiger partial charge in [-0.3, -0.25) is 14.4 Å². The Morgan fingerprint density at radius 2 is 1.90 bits per heavy atom. The summed E-state index contributed by atoms with van der Waals surface area (Å²) in [6.07, 6.45) is 2.31. The van der Waals surface area contributed by atoms with Crippen LogP contribution in [0.1, 0.15) is 40.5 Å². The Morgan fingerprint density at radius 3 is 2.52 bits per heavy atom. The lowest BCUT2D eigenvalue weighted by Gasteiger charge is -2.31. The normalized spacial score (nSPS) is 13.9. The van der Waals surface area contributed by atoms with Gasteiger partial charge in [0.15, 0.2) is 0 Å². The van der Waals surface area contributed by atoms with Gasteiger partial charge < -0.3 is 19.4 Å². The average molecular weight is 472 g/mol. The molecule has 2 aromatic rings. The van der Waals surface area contributed by atoms with Crippen LogP contribution in [0.15, 0.2) is 30.5 Å². The van der Waals surface area contributed by atoms with Crippen molar-refractivity contribution in [2.45, 2.75) is 52.4 Å². The summed E-state index contributed by atoms with van der Waals surface area (Å²) in [5.41, 5.74) is 1.17. The first-order chi connectivity index (χ1) is 14.6. The zero-order valence-corrected chi connectivity index (χ0v) is 20.0. The molecule has 1 heterocycles. The van der Waals surface area contributed by atoms with E-state index in [1.165, 1.54) is 11.8 Å². The number of anilines is 1. The predicted molar refractivity (Wildman–Crippen MR) is 124 cm³/mol. The number of hydrogen-bond acceptors (Lipinski definition) is 5. The molecule has 2 rings (SSSR count). The second-order valence-corrected chi connectivity index (χ2v) is 9.79. The van der Waals surface area contributed by atoms with Crippen molar-refractivity contribution in [1.82, 2.24) is 9.88 Å². The van der Waals surface area contributed by atoms with E-state index in [2.05, 4.69) is 23.7 Å². The molecule has 1 aromatic heterocycles. The zero-order valence-electron chi connectivity index (χ0n) is 18.4. The maximum atomic E-state index is 13.1. The van der Waals surface area contributed by atoms with Crippen molar-refractivity contribution in [2.24, 2.45) is 0 Å². The molecule has 2 atom stereocenters. The summed E-state index contributed by atoms with van der Waals surface area (Å²) in [5.74, 6) is -1.55. The Hall–Kier alpha value is -1.70. The monoisotopic (exact) mass is 471 g/mol. The third kappa shape index (κ3) is 6.89. The highest BCUT2D eigenvalue weighted by molar-refractivity contribution is 7.52. The first kappa shape index (κ1) is 25.6. The van der Waals surface area contributed by atoms with Crippen LogP contribution in [-0.4, -0.2) is 57.3 Å². The first-order valence-electron chi connectivity index (χ1n) is 10.4. The third-order valence-corrected chi connectivity index (χ3v) is 6.60. The van der Waals surface area contributed by atoms with Gasteiger partial charge in [-0.05, 0) is 70.6 Å². The summed E-state index contributed by atoms with van der Waals surface area (Å²) in [5, 5.41) is 1.22. The maximum Gasteiger partial charge on any atom is 0.415 e. The van der Waals surface area contributed by atoms with Crippen LogP contribution in [-0.2, 0) is 9.30 Å². The SMILES string of the molecule is CCN(CC)CCCC(C)N(C(=O)OC(C)P(=O)(O)O)c1ccnc2cc(Cl)ccc12. The Kier molecular flexibility index (Phi) is 9.28. The first-order valence-corrected chi connectivity index (χ1v) is 12.5. The van der Waals surface area contributed by atoms with Crippen LogP contribution >= 0.6 is 19.2 Å². The number of halogens is 1. The number of carbonyl (C=O) groups excluding carboxylic acids is 1. The number of ether oxygens (including phenoxy) is 1. The molecular weight excluding hydrogens is 441 g/mol. The summed E-state index contributed by atoms with van der Waals surface area (Å²) in [6.45, 7) is 10.1. The van der Waals surface area contributed by atoms with Gasteiger partial charge in [-0.2, -0.15) is 0 Å². The van der Waals surface area contributed by atoms with Gasteiger partial charge in [0.1, 0.15) is 0 Å². The van der Waals surface area contributed by atoms with Gasteiger partial charge in [0.2, 0.25) is 5.85 Å². The highest BCUT2D eigenvalue weighted by Crippen LogP contribution is 2.42. The van der Waals surface area contributed by atoms with Crippen molar-refractivity contribution in [3.8, 4) is 0 Å². The third-order valence-electron chi connectivity index (χ3n) is 5.31. The molecule has 1 aromatic carbocycles. The lowest BCUT2D eigenvalue weighted by molar-refractivity contribution is 0.129. The van der Waals surface area contributed by atoms with Crippen molar-refractivity contribution in [3.05, 3.63) is 35.5 Å². The summed E-state index contributed by atoms with van der Waals surface area (Å²) < 4.78 is 16.7. The van der Waals surface area contributed by atoms with Gasteiger partial charge in [-0.25, -0.2) is 4.79 Å². The Morgan fingerprint density at radius 1 is 1.23 bits per heavy atom. The molecular formula is C21H31ClN3O5P. The molecule has 0 aliphatic rings. The minimum absolute atomic E-state index is 0.270. The molecule has 0 saturated carbocycles. The number of rotatable bonds is 10. The van der Waals surface area contributed by atoms with E-state index < -0.39 is 19.5 Å². The van der Waals surface area contributed by atoms with E-state index in [-0.39, 0.29) is 6.04 Å². The van der Waals surface area contributed by atoms with Crippen LogP contribution in [0.2, 0.25) is 5.02 Å². The molecule has 0 aliphatic heterocycles. The fraction of sp³-hybridized carbons (Fsp3) is 0.524. The number of amides is 1. The van der Waals surface area contributed by atoms with Crippen LogP contribution in [0, 0.1) is 0 Å². The van der Waals surface area contributed by atoms with Crippen molar-refractivity contribution in [2.75, 3.05) is 24.5 Å². The zero-order chi connectivity index (χ0) is 23.2. The van der Waals surface area contributed by atoms with Crippen molar-refractivity contribution in [3.63, 3.8) is 0 Å². The second kappa shape index (κ2) is 11.2. The molecule has 0 fully saturated rings. The van der Waals surface area contributed by atoms with Gasteiger partial charge in [-0.1, -0.05) is 25.4 Å². The van der Waals surface area contributed by atoms with E-state index in [1.807, 2.05) is 6.92 Å². The molecule has 31 heavy (non-hydrogen) atoms. The van der Waals surface area contributed by atoms with E-state index in [9.17, 15) is 19.1 Å². The fourth-order valence-corrected chi connectivity index (χ4v) is 3.78.